The van der Waals surface area contributed by atoms with Crippen molar-refractivity contribution in [3.8, 4) is 0 Å². The summed E-state index contributed by atoms with van der Waals surface area (Å²) in [6.07, 6.45) is 2.40. The predicted molar refractivity (Wildman–Crippen MR) is 83.8 cm³/mol. The first-order valence-corrected chi connectivity index (χ1v) is 7.65. The van der Waals surface area contributed by atoms with Crippen molar-refractivity contribution in [3.63, 3.8) is 0 Å². The van der Waals surface area contributed by atoms with Crippen LogP contribution in [0.4, 0.5) is 0 Å². The van der Waals surface area contributed by atoms with E-state index in [0.29, 0.717) is 18.5 Å². The Hall–Kier alpha value is -1.89. The normalized spacial score (nSPS) is 18.8. The average Bonchev–Trinajstić information content (AvgIpc) is 2.90. The van der Waals surface area contributed by atoms with E-state index in [1.165, 1.54) is 6.20 Å². The quantitative estimate of drug-likeness (QED) is 0.788. The number of H-pyrrole nitrogens is 2. The van der Waals surface area contributed by atoms with E-state index in [-0.39, 0.29) is 17.9 Å². The van der Waals surface area contributed by atoms with E-state index in [9.17, 15) is 14.4 Å². The van der Waals surface area contributed by atoms with Gasteiger partial charge in [-0.3, -0.25) is 14.6 Å². The van der Waals surface area contributed by atoms with Gasteiger partial charge in [0, 0.05) is 37.9 Å². The molecule has 2 heterocycles. The number of nitrogens with zero attached hydrogens (tertiary/aromatic N) is 2. The van der Waals surface area contributed by atoms with E-state index in [0.717, 1.165) is 19.5 Å². The minimum atomic E-state index is -0.561. The van der Waals surface area contributed by atoms with Crippen LogP contribution in [0, 0.1) is 5.92 Å². The van der Waals surface area contributed by atoms with E-state index in [1.54, 1.807) is 11.9 Å². The molecule has 1 amide bonds. The van der Waals surface area contributed by atoms with Gasteiger partial charge in [0.05, 0.1) is 6.42 Å². The van der Waals surface area contributed by atoms with Crippen LogP contribution in [-0.2, 0) is 11.2 Å². The molecule has 7 heteroatoms. The molecule has 1 fully saturated rings. The molecule has 122 valence electrons. The maximum absolute atomic E-state index is 12.2. The Balaban J connectivity index is 1.90. The average molecular weight is 308 g/mol. The number of likely N-dealkylation sites (N-methyl/N-ethyl adjacent to an activating group) is 1. The molecule has 0 saturated carbocycles. The van der Waals surface area contributed by atoms with Crippen molar-refractivity contribution in [2.75, 3.05) is 26.7 Å². The number of aromatic nitrogens is 2. The van der Waals surface area contributed by atoms with Crippen molar-refractivity contribution in [2.45, 2.75) is 32.7 Å². The summed E-state index contributed by atoms with van der Waals surface area (Å²) in [4.78, 5) is 43.4. The molecule has 1 aromatic rings. The molecule has 0 spiro atoms. The van der Waals surface area contributed by atoms with Crippen LogP contribution >= 0.6 is 0 Å². The first-order chi connectivity index (χ1) is 10.4. The van der Waals surface area contributed by atoms with Crippen LogP contribution < -0.4 is 11.2 Å². The van der Waals surface area contributed by atoms with Gasteiger partial charge in [-0.2, -0.15) is 0 Å². The van der Waals surface area contributed by atoms with Crippen LogP contribution in [0.15, 0.2) is 15.8 Å². The zero-order chi connectivity index (χ0) is 16.3. The fourth-order valence-electron chi connectivity index (χ4n) is 2.84. The number of hydrogen-bond donors (Lipinski definition) is 2. The number of nitrogens with one attached hydrogen (secondary N) is 2. The van der Waals surface area contributed by atoms with E-state index >= 15 is 0 Å². The van der Waals surface area contributed by atoms with Crippen LogP contribution in [0.3, 0.4) is 0 Å². The first kappa shape index (κ1) is 16.5. The second-order valence-corrected chi connectivity index (χ2v) is 6.29. The van der Waals surface area contributed by atoms with E-state index in [2.05, 4.69) is 28.7 Å². The Bertz CT molecular complexity index is 634. The lowest BCUT2D eigenvalue weighted by molar-refractivity contribution is -0.129. The summed E-state index contributed by atoms with van der Waals surface area (Å²) >= 11 is 0. The first-order valence-electron chi connectivity index (χ1n) is 7.65. The minimum Gasteiger partial charge on any atom is -0.345 e. The Morgan fingerprint density at radius 3 is 2.77 bits per heavy atom. The summed E-state index contributed by atoms with van der Waals surface area (Å²) in [7, 11) is 1.76. The highest BCUT2D eigenvalue weighted by Gasteiger charge is 2.26. The molecule has 22 heavy (non-hydrogen) atoms. The van der Waals surface area contributed by atoms with Crippen molar-refractivity contribution in [3.05, 3.63) is 32.6 Å². The summed E-state index contributed by atoms with van der Waals surface area (Å²) < 4.78 is 0. The van der Waals surface area contributed by atoms with Gasteiger partial charge in [-0.1, -0.05) is 0 Å². The zero-order valence-corrected chi connectivity index (χ0v) is 13.4. The second kappa shape index (κ2) is 6.91. The molecule has 0 bridgehead atoms. The van der Waals surface area contributed by atoms with Gasteiger partial charge in [0.15, 0.2) is 0 Å². The van der Waals surface area contributed by atoms with Gasteiger partial charge in [0.25, 0.3) is 5.56 Å². The summed E-state index contributed by atoms with van der Waals surface area (Å²) in [5, 5.41) is 0. The van der Waals surface area contributed by atoms with E-state index in [4.69, 9.17) is 0 Å². The van der Waals surface area contributed by atoms with Gasteiger partial charge in [-0.05, 0) is 32.7 Å². The molecule has 7 nitrogen and oxygen atoms in total. The molecule has 1 aromatic heterocycles. The fraction of sp³-hybridized carbons (Fsp3) is 0.667. The van der Waals surface area contributed by atoms with Crippen LogP contribution in [-0.4, -0.2) is 58.4 Å². The van der Waals surface area contributed by atoms with Gasteiger partial charge in [0.1, 0.15) is 0 Å². The number of hydrogen-bond acceptors (Lipinski definition) is 4. The largest absolute Gasteiger partial charge is 0.345 e. The highest BCUT2D eigenvalue weighted by Crippen LogP contribution is 2.19. The summed E-state index contributed by atoms with van der Waals surface area (Å²) in [6.45, 7) is 7.14. The standard InChI is InChI=1S/C15H24N4O3/c1-10(2)19-5-4-11(9-19)8-18(3)13(20)6-12-7-16-15(22)17-14(12)21/h7,10-11H,4-6,8-9H2,1-3H3,(H2,16,17,21,22). The van der Waals surface area contributed by atoms with Crippen molar-refractivity contribution in [2.24, 2.45) is 5.92 Å². The van der Waals surface area contributed by atoms with Gasteiger partial charge in [-0.25, -0.2) is 4.79 Å². The van der Waals surface area contributed by atoms with Gasteiger partial charge >= 0.3 is 5.69 Å². The monoisotopic (exact) mass is 308 g/mol. The van der Waals surface area contributed by atoms with Crippen molar-refractivity contribution in [1.82, 2.24) is 19.8 Å². The molecule has 0 aliphatic carbocycles. The van der Waals surface area contributed by atoms with Crippen LogP contribution in [0.5, 0.6) is 0 Å². The number of aromatic amines is 2. The van der Waals surface area contributed by atoms with E-state index in [1.807, 2.05) is 0 Å². The highest BCUT2D eigenvalue weighted by molar-refractivity contribution is 5.78. The van der Waals surface area contributed by atoms with Crippen molar-refractivity contribution in [1.29, 1.82) is 0 Å². The maximum Gasteiger partial charge on any atom is 0.325 e. The third-order valence-corrected chi connectivity index (χ3v) is 4.24. The number of likely N-dealkylation sites (tertiary alicyclic amines) is 1. The van der Waals surface area contributed by atoms with Gasteiger partial charge < -0.3 is 14.8 Å². The Morgan fingerprint density at radius 1 is 1.45 bits per heavy atom. The van der Waals surface area contributed by atoms with Gasteiger partial charge in [0.2, 0.25) is 5.91 Å². The minimum absolute atomic E-state index is 0.00320. The maximum atomic E-state index is 12.2. The molecule has 1 aliphatic rings. The van der Waals surface area contributed by atoms with Crippen molar-refractivity contribution >= 4 is 5.91 Å². The summed E-state index contributed by atoms with van der Waals surface area (Å²) in [5.74, 6) is 0.366. The third kappa shape index (κ3) is 4.07. The highest BCUT2D eigenvalue weighted by atomic mass is 16.2. The Labute approximate surface area is 129 Å². The molecular formula is C15H24N4O3. The Kier molecular flexibility index (Phi) is 5.18. The van der Waals surface area contributed by atoms with Gasteiger partial charge in [-0.15, -0.1) is 0 Å². The molecule has 0 aromatic carbocycles. The van der Waals surface area contributed by atoms with Crippen LogP contribution in [0.1, 0.15) is 25.8 Å². The van der Waals surface area contributed by atoms with Crippen molar-refractivity contribution < 1.29 is 4.79 Å². The lowest BCUT2D eigenvalue weighted by Crippen LogP contribution is -2.36. The SMILES string of the molecule is CC(C)N1CCC(CN(C)C(=O)Cc2c[nH]c(=O)[nH]c2=O)C1. The second-order valence-electron chi connectivity index (χ2n) is 6.29. The smallest absolute Gasteiger partial charge is 0.325 e. The number of carbonyl (C=O) groups is 1. The zero-order valence-electron chi connectivity index (χ0n) is 13.4. The third-order valence-electron chi connectivity index (χ3n) is 4.24. The number of carbonyl (C=O) groups excluding carboxylic acids is 1. The van der Waals surface area contributed by atoms with E-state index < -0.39 is 11.2 Å². The molecule has 2 N–H and O–H groups in total. The molecule has 2 rings (SSSR count). The lowest BCUT2D eigenvalue weighted by Gasteiger charge is -2.23. The molecule has 0 radical (unpaired) electrons. The summed E-state index contributed by atoms with van der Waals surface area (Å²) in [6, 6.07) is 0.533. The molecular weight excluding hydrogens is 284 g/mol. The molecule has 1 unspecified atom stereocenters. The summed E-state index contributed by atoms with van der Waals surface area (Å²) in [5.41, 5.74) is -0.779. The molecule has 1 saturated heterocycles. The molecule has 1 aliphatic heterocycles. The van der Waals surface area contributed by atoms with Crippen LogP contribution in [0.2, 0.25) is 0 Å². The Morgan fingerprint density at radius 2 is 2.18 bits per heavy atom. The lowest BCUT2D eigenvalue weighted by atomic mass is 10.1. The van der Waals surface area contributed by atoms with Crippen LogP contribution in [0.25, 0.3) is 0 Å². The number of amides is 1. The number of rotatable bonds is 5. The topological polar surface area (TPSA) is 89.3 Å². The predicted octanol–water partition coefficient (Wildman–Crippen LogP) is -0.206. The molecule has 1 atom stereocenters. The fourth-order valence-corrected chi connectivity index (χ4v) is 2.84.